The van der Waals surface area contributed by atoms with Gasteiger partial charge in [0.05, 0.1) is 24.4 Å². The second-order valence-electron chi connectivity index (χ2n) is 9.40. The Bertz CT molecular complexity index is 1460. The molecule has 1 saturated heterocycles. The second-order valence-corrected chi connectivity index (χ2v) is 9.40. The van der Waals surface area contributed by atoms with E-state index >= 15 is 0 Å². The van der Waals surface area contributed by atoms with Crippen LogP contribution in [-0.2, 0) is 5.54 Å². The zero-order chi connectivity index (χ0) is 26.8. The van der Waals surface area contributed by atoms with Gasteiger partial charge in [0.1, 0.15) is 24.2 Å². The maximum atomic E-state index is 12.3. The van der Waals surface area contributed by atoms with Crippen LogP contribution >= 0.6 is 0 Å². The van der Waals surface area contributed by atoms with Crippen molar-refractivity contribution in [2.24, 2.45) is 0 Å². The number of carbonyl (C=O) groups is 1. The highest BCUT2D eigenvalue weighted by Gasteiger charge is 2.46. The number of nitriles is 1. The van der Waals surface area contributed by atoms with Gasteiger partial charge in [0.2, 0.25) is 5.92 Å². The molecule has 0 radical (unpaired) electrons. The number of hydrogen-bond donors (Lipinski definition) is 2. The van der Waals surface area contributed by atoms with E-state index in [1.165, 1.54) is 6.33 Å². The Morgan fingerprint density at radius 3 is 2.55 bits per heavy atom. The van der Waals surface area contributed by atoms with Crippen LogP contribution in [0.1, 0.15) is 29.6 Å². The van der Waals surface area contributed by atoms with Gasteiger partial charge in [-0.2, -0.15) is 10.4 Å². The van der Waals surface area contributed by atoms with E-state index in [9.17, 15) is 23.2 Å². The van der Waals surface area contributed by atoms with Gasteiger partial charge in [-0.05, 0) is 30.3 Å². The van der Waals surface area contributed by atoms with Crippen LogP contribution in [0.5, 0.6) is 0 Å². The highest BCUT2D eigenvalue weighted by Crippen LogP contribution is 2.40. The lowest BCUT2D eigenvalue weighted by molar-refractivity contribution is 0.0950. The third-order valence-electron chi connectivity index (χ3n) is 6.58. The molecular weight excluding hydrogens is 497 g/mol. The molecule has 1 aliphatic carbocycles. The molecule has 1 aliphatic heterocycles. The number of aromatic amines is 1. The van der Waals surface area contributed by atoms with E-state index in [2.05, 4.69) is 36.3 Å². The first kappa shape index (κ1) is 25.3. The molecule has 2 aliphatic rings. The third-order valence-corrected chi connectivity index (χ3v) is 6.58. The Balaban J connectivity index is 0.000000529. The van der Waals surface area contributed by atoms with Crippen molar-refractivity contribution in [2.75, 3.05) is 31.2 Å². The van der Waals surface area contributed by atoms with Gasteiger partial charge in [-0.15, -0.1) is 0 Å². The van der Waals surface area contributed by atoms with E-state index in [0.717, 1.165) is 28.0 Å². The minimum atomic E-state index is -2.25. The number of halogens is 3. The SMILES string of the molecule is FC1(F)CC1.N#CCC1(n2cc(-c3ncnc4[nH]ccc34)cn2)CN(c2ccc(C(=O)NCCF)cc2)C1. The number of amides is 1. The van der Waals surface area contributed by atoms with Gasteiger partial charge in [-0.3, -0.25) is 9.48 Å². The number of carbonyl (C=O) groups excluding carboxylic acids is 1. The standard InChI is InChI=1S/C23H21FN8O.C3H4F2/c24-7-10-27-22(33)16-1-3-18(4-2-16)31-13-23(14-31,6-8-25)32-12-17(11-30-32)20-19-5-9-26-21(19)29-15-28-20;4-3(5)1-2-3/h1-5,9,11-12,15H,6-7,10,13-14H2,(H,27,33)(H,26,28,29);1-2H2. The molecule has 0 spiro atoms. The topological polar surface area (TPSA) is 116 Å². The Hall–Kier alpha value is -4.40. The van der Waals surface area contributed by atoms with E-state index in [0.29, 0.717) is 25.1 Å². The number of benzene rings is 1. The fourth-order valence-corrected chi connectivity index (χ4v) is 4.32. The van der Waals surface area contributed by atoms with Crippen molar-refractivity contribution in [1.82, 2.24) is 30.0 Å². The van der Waals surface area contributed by atoms with Crippen LogP contribution in [0.4, 0.5) is 18.9 Å². The summed E-state index contributed by atoms with van der Waals surface area (Å²) in [7, 11) is 0. The van der Waals surface area contributed by atoms with Crippen LogP contribution in [0.15, 0.2) is 55.2 Å². The molecule has 0 unspecified atom stereocenters. The van der Waals surface area contributed by atoms with Crippen LogP contribution in [0.25, 0.3) is 22.3 Å². The van der Waals surface area contributed by atoms with Crippen LogP contribution in [0.2, 0.25) is 0 Å². The molecule has 6 rings (SSSR count). The Morgan fingerprint density at radius 1 is 1.16 bits per heavy atom. The zero-order valence-corrected chi connectivity index (χ0v) is 20.4. The minimum absolute atomic E-state index is 0.000132. The summed E-state index contributed by atoms with van der Waals surface area (Å²) in [4.78, 5) is 25.8. The van der Waals surface area contributed by atoms with Crippen LogP contribution in [0, 0.1) is 11.3 Å². The first-order valence-electron chi connectivity index (χ1n) is 12.1. The Morgan fingerprint density at radius 2 is 1.89 bits per heavy atom. The predicted molar refractivity (Wildman–Crippen MR) is 134 cm³/mol. The highest BCUT2D eigenvalue weighted by atomic mass is 19.3. The molecule has 4 aromatic rings. The molecule has 3 aromatic heterocycles. The number of hydrogen-bond acceptors (Lipinski definition) is 6. The van der Waals surface area contributed by atoms with Crippen molar-refractivity contribution in [1.29, 1.82) is 5.26 Å². The van der Waals surface area contributed by atoms with Crippen molar-refractivity contribution >= 4 is 22.6 Å². The molecular formula is C26H25F3N8O. The fourth-order valence-electron chi connectivity index (χ4n) is 4.32. The molecule has 9 nitrogen and oxygen atoms in total. The molecule has 2 N–H and O–H groups in total. The lowest BCUT2D eigenvalue weighted by Crippen LogP contribution is -2.63. The molecule has 2 fully saturated rings. The number of H-pyrrole nitrogens is 1. The number of aromatic nitrogens is 5. The summed E-state index contributed by atoms with van der Waals surface area (Å²) >= 11 is 0. The Labute approximate surface area is 216 Å². The van der Waals surface area contributed by atoms with E-state index < -0.39 is 18.1 Å². The number of rotatable bonds is 7. The molecule has 4 heterocycles. The number of anilines is 1. The molecule has 0 atom stereocenters. The molecule has 12 heteroatoms. The molecule has 1 saturated carbocycles. The van der Waals surface area contributed by atoms with Gasteiger partial charge in [0.25, 0.3) is 5.91 Å². The monoisotopic (exact) mass is 522 g/mol. The summed E-state index contributed by atoms with van der Waals surface area (Å²) in [6.45, 7) is 0.623. The minimum Gasteiger partial charge on any atom is -0.366 e. The molecule has 196 valence electrons. The number of fused-ring (bicyclic) bond motifs is 1. The van der Waals surface area contributed by atoms with E-state index in [4.69, 9.17) is 0 Å². The summed E-state index contributed by atoms with van der Waals surface area (Å²) in [5.74, 6) is -2.55. The van der Waals surface area contributed by atoms with E-state index in [-0.39, 0.29) is 25.3 Å². The average molecular weight is 523 g/mol. The van der Waals surface area contributed by atoms with Crippen molar-refractivity contribution < 1.29 is 18.0 Å². The number of nitrogens with one attached hydrogen (secondary N) is 2. The first-order chi connectivity index (χ1) is 18.3. The highest BCUT2D eigenvalue weighted by molar-refractivity contribution is 5.94. The predicted octanol–water partition coefficient (Wildman–Crippen LogP) is 4.07. The van der Waals surface area contributed by atoms with Gasteiger partial charge >= 0.3 is 0 Å². The maximum Gasteiger partial charge on any atom is 0.251 e. The van der Waals surface area contributed by atoms with Gasteiger partial charge in [-0.25, -0.2) is 23.1 Å². The first-order valence-corrected chi connectivity index (χ1v) is 12.1. The third kappa shape index (κ3) is 5.18. The fraction of sp³-hybridized carbons (Fsp3) is 0.346. The quantitative estimate of drug-likeness (QED) is 0.378. The summed E-state index contributed by atoms with van der Waals surface area (Å²) in [6, 6.07) is 11.4. The summed E-state index contributed by atoms with van der Waals surface area (Å²) in [6.07, 6.45) is 7.59. The largest absolute Gasteiger partial charge is 0.366 e. The van der Waals surface area contributed by atoms with Crippen molar-refractivity contribution in [3.8, 4) is 17.3 Å². The van der Waals surface area contributed by atoms with Gasteiger partial charge < -0.3 is 15.2 Å². The summed E-state index contributed by atoms with van der Waals surface area (Å²) < 4.78 is 36.4. The van der Waals surface area contributed by atoms with E-state index in [1.807, 2.05) is 35.3 Å². The van der Waals surface area contributed by atoms with Crippen LogP contribution < -0.4 is 10.2 Å². The number of nitrogens with zero attached hydrogens (tertiary/aromatic N) is 6. The zero-order valence-electron chi connectivity index (χ0n) is 20.4. The molecule has 1 amide bonds. The van der Waals surface area contributed by atoms with Crippen molar-refractivity contribution in [3.63, 3.8) is 0 Å². The Kier molecular flexibility index (Phi) is 6.75. The van der Waals surface area contributed by atoms with Gasteiger partial charge in [0, 0.05) is 67.1 Å². The average Bonchev–Trinajstić information content (AvgIpc) is 3.29. The number of alkyl halides is 3. The van der Waals surface area contributed by atoms with Gasteiger partial charge in [0.15, 0.2) is 0 Å². The second kappa shape index (κ2) is 10.2. The molecule has 38 heavy (non-hydrogen) atoms. The van der Waals surface area contributed by atoms with Crippen LogP contribution in [0.3, 0.4) is 0 Å². The lowest BCUT2D eigenvalue weighted by Gasteiger charge is -2.50. The molecule has 0 bridgehead atoms. The van der Waals surface area contributed by atoms with E-state index in [1.54, 1.807) is 18.3 Å². The van der Waals surface area contributed by atoms with Crippen LogP contribution in [-0.4, -0.2) is 62.9 Å². The summed E-state index contributed by atoms with van der Waals surface area (Å²) in [5.41, 5.74) is 3.39. The van der Waals surface area contributed by atoms with Crippen molar-refractivity contribution in [3.05, 3.63) is 60.8 Å². The van der Waals surface area contributed by atoms with Crippen molar-refractivity contribution in [2.45, 2.75) is 30.7 Å². The molecule has 1 aromatic carbocycles. The normalized spacial score (nSPS) is 16.6. The van der Waals surface area contributed by atoms with Gasteiger partial charge in [-0.1, -0.05) is 0 Å². The maximum absolute atomic E-state index is 12.3. The summed E-state index contributed by atoms with van der Waals surface area (Å²) in [5, 5.41) is 17.5. The lowest BCUT2D eigenvalue weighted by atomic mass is 9.86. The smallest absolute Gasteiger partial charge is 0.251 e.